The van der Waals surface area contributed by atoms with Crippen LogP contribution < -0.4 is 5.32 Å². The number of hydrogen-bond acceptors (Lipinski definition) is 5. The third-order valence-electron chi connectivity index (χ3n) is 2.27. The van der Waals surface area contributed by atoms with Crippen molar-refractivity contribution in [1.82, 2.24) is 10.2 Å². The molecule has 0 aliphatic carbocycles. The lowest BCUT2D eigenvalue weighted by atomic mass is 10.1. The monoisotopic (exact) mass is 263 g/mol. The minimum atomic E-state index is -0.185. The van der Waals surface area contributed by atoms with Crippen molar-refractivity contribution in [2.45, 2.75) is 13.5 Å². The number of hydrogen-bond donors (Lipinski definition) is 1. The van der Waals surface area contributed by atoms with Gasteiger partial charge in [-0.3, -0.25) is 10.1 Å². The van der Waals surface area contributed by atoms with Gasteiger partial charge in [-0.25, -0.2) is 0 Å². The quantitative estimate of drug-likeness (QED) is 0.918. The highest BCUT2D eigenvalue weighted by atomic mass is 32.1. The van der Waals surface area contributed by atoms with Gasteiger partial charge in [0.25, 0.3) is 5.91 Å². The van der Waals surface area contributed by atoms with Gasteiger partial charge in [0.05, 0.1) is 6.61 Å². The molecule has 1 amide bonds. The molecule has 0 saturated carbocycles. The van der Waals surface area contributed by atoms with Gasteiger partial charge < -0.3 is 4.74 Å². The molecule has 2 rings (SSSR count). The molecular weight excluding hydrogens is 250 g/mol. The van der Waals surface area contributed by atoms with E-state index in [0.29, 0.717) is 17.3 Å². The van der Waals surface area contributed by atoms with Gasteiger partial charge in [-0.2, -0.15) is 0 Å². The molecule has 0 bridgehead atoms. The third kappa shape index (κ3) is 3.12. The molecule has 0 aliphatic heterocycles. The molecule has 5 nitrogen and oxygen atoms in total. The highest BCUT2D eigenvalue weighted by Gasteiger charge is 2.08. The van der Waals surface area contributed by atoms with Crippen molar-refractivity contribution >= 4 is 22.4 Å². The van der Waals surface area contributed by atoms with Crippen molar-refractivity contribution in [2.75, 3.05) is 12.4 Å². The van der Waals surface area contributed by atoms with Gasteiger partial charge in [0.1, 0.15) is 5.01 Å². The van der Waals surface area contributed by atoms with E-state index in [9.17, 15) is 4.79 Å². The Morgan fingerprint density at radius 1 is 1.33 bits per heavy atom. The number of amides is 1. The van der Waals surface area contributed by atoms with E-state index < -0.39 is 0 Å². The maximum atomic E-state index is 11.9. The van der Waals surface area contributed by atoms with E-state index in [2.05, 4.69) is 15.5 Å². The second-order valence-corrected chi connectivity index (χ2v) is 4.89. The smallest absolute Gasteiger partial charge is 0.257 e. The Labute approximate surface area is 109 Å². The largest absolute Gasteiger partial charge is 0.380 e. The maximum absolute atomic E-state index is 11.9. The van der Waals surface area contributed by atoms with E-state index in [1.54, 1.807) is 19.2 Å². The molecular formula is C12H13N3O2S. The van der Waals surface area contributed by atoms with Gasteiger partial charge >= 0.3 is 0 Å². The summed E-state index contributed by atoms with van der Waals surface area (Å²) < 4.78 is 5.01. The van der Waals surface area contributed by atoms with Crippen LogP contribution in [-0.4, -0.2) is 23.2 Å². The standard InChI is InChI=1S/C12H13N3O2S/c1-8-14-15-12(18-8)13-11(16)10-5-3-9(4-6-10)7-17-2/h3-6H,7H2,1-2H3,(H,13,15,16). The molecule has 18 heavy (non-hydrogen) atoms. The van der Waals surface area contributed by atoms with E-state index in [4.69, 9.17) is 4.74 Å². The number of rotatable bonds is 4. The number of carbonyl (C=O) groups is 1. The van der Waals surface area contributed by atoms with E-state index >= 15 is 0 Å². The van der Waals surface area contributed by atoms with Crippen molar-refractivity contribution < 1.29 is 9.53 Å². The van der Waals surface area contributed by atoms with E-state index in [1.165, 1.54) is 11.3 Å². The molecule has 0 radical (unpaired) electrons. The van der Waals surface area contributed by atoms with Crippen LogP contribution in [0.1, 0.15) is 20.9 Å². The van der Waals surface area contributed by atoms with E-state index in [-0.39, 0.29) is 5.91 Å². The summed E-state index contributed by atoms with van der Waals surface area (Å²) in [5, 5.41) is 11.7. The first kappa shape index (κ1) is 12.7. The molecule has 1 aromatic heterocycles. The Hall–Kier alpha value is -1.79. The first-order valence-electron chi connectivity index (χ1n) is 5.38. The van der Waals surface area contributed by atoms with Gasteiger partial charge in [0, 0.05) is 12.7 Å². The third-order valence-corrected chi connectivity index (χ3v) is 3.03. The summed E-state index contributed by atoms with van der Waals surface area (Å²) in [4.78, 5) is 11.9. The van der Waals surface area contributed by atoms with Crippen molar-refractivity contribution in [3.05, 3.63) is 40.4 Å². The molecule has 1 aromatic carbocycles. The van der Waals surface area contributed by atoms with Crippen LogP contribution in [0.25, 0.3) is 0 Å². The molecule has 1 N–H and O–H groups in total. The average Bonchev–Trinajstić information content (AvgIpc) is 2.76. The van der Waals surface area contributed by atoms with Crippen LogP contribution in [0, 0.1) is 6.92 Å². The summed E-state index contributed by atoms with van der Waals surface area (Å²) in [6.07, 6.45) is 0. The predicted octanol–water partition coefficient (Wildman–Crippen LogP) is 2.25. The van der Waals surface area contributed by atoms with Gasteiger partial charge in [-0.1, -0.05) is 23.5 Å². The van der Waals surface area contributed by atoms with Gasteiger partial charge in [-0.05, 0) is 24.6 Å². The van der Waals surface area contributed by atoms with Crippen LogP contribution in [0.5, 0.6) is 0 Å². The molecule has 0 fully saturated rings. The summed E-state index contributed by atoms with van der Waals surface area (Å²) in [5.74, 6) is -0.185. The number of aryl methyl sites for hydroxylation is 1. The zero-order valence-corrected chi connectivity index (χ0v) is 11.0. The van der Waals surface area contributed by atoms with Crippen LogP contribution in [0.15, 0.2) is 24.3 Å². The average molecular weight is 263 g/mol. The molecule has 0 unspecified atom stereocenters. The predicted molar refractivity (Wildman–Crippen MR) is 69.8 cm³/mol. The number of methoxy groups -OCH3 is 1. The molecule has 6 heteroatoms. The second-order valence-electron chi connectivity index (χ2n) is 3.71. The number of aromatic nitrogens is 2. The summed E-state index contributed by atoms with van der Waals surface area (Å²) in [7, 11) is 1.64. The maximum Gasteiger partial charge on any atom is 0.257 e. The molecule has 0 aliphatic rings. The zero-order valence-electron chi connectivity index (χ0n) is 10.1. The molecule has 2 aromatic rings. The summed E-state index contributed by atoms with van der Waals surface area (Å²) >= 11 is 1.35. The minimum Gasteiger partial charge on any atom is -0.380 e. The Morgan fingerprint density at radius 2 is 2.06 bits per heavy atom. The lowest BCUT2D eigenvalue weighted by Gasteiger charge is -2.03. The number of ether oxygens (including phenoxy) is 1. The van der Waals surface area contributed by atoms with Crippen molar-refractivity contribution in [1.29, 1.82) is 0 Å². The zero-order chi connectivity index (χ0) is 13.0. The van der Waals surface area contributed by atoms with Crippen LogP contribution >= 0.6 is 11.3 Å². The van der Waals surface area contributed by atoms with Crippen LogP contribution in [-0.2, 0) is 11.3 Å². The minimum absolute atomic E-state index is 0.185. The summed E-state index contributed by atoms with van der Waals surface area (Å²) in [5.41, 5.74) is 1.61. The van der Waals surface area contributed by atoms with Crippen molar-refractivity contribution in [3.8, 4) is 0 Å². The number of carbonyl (C=O) groups excluding carboxylic acids is 1. The summed E-state index contributed by atoms with van der Waals surface area (Å²) in [6, 6.07) is 7.25. The SMILES string of the molecule is COCc1ccc(C(=O)Nc2nnc(C)s2)cc1. The van der Waals surface area contributed by atoms with E-state index in [0.717, 1.165) is 10.6 Å². The highest BCUT2D eigenvalue weighted by Crippen LogP contribution is 2.15. The van der Waals surface area contributed by atoms with Gasteiger partial charge in [0.15, 0.2) is 0 Å². The number of anilines is 1. The lowest BCUT2D eigenvalue weighted by Crippen LogP contribution is -2.11. The van der Waals surface area contributed by atoms with Crippen LogP contribution in [0.4, 0.5) is 5.13 Å². The highest BCUT2D eigenvalue weighted by molar-refractivity contribution is 7.15. The second kappa shape index (κ2) is 5.70. The van der Waals surface area contributed by atoms with Crippen LogP contribution in [0.3, 0.4) is 0 Å². The first-order chi connectivity index (χ1) is 8.69. The number of nitrogens with one attached hydrogen (secondary N) is 1. The number of nitrogens with zero attached hydrogens (tertiary/aromatic N) is 2. The topological polar surface area (TPSA) is 64.1 Å². The first-order valence-corrected chi connectivity index (χ1v) is 6.20. The fraction of sp³-hybridized carbons (Fsp3) is 0.250. The molecule has 0 saturated heterocycles. The van der Waals surface area contributed by atoms with Crippen LogP contribution in [0.2, 0.25) is 0 Å². The van der Waals surface area contributed by atoms with E-state index in [1.807, 2.05) is 19.1 Å². The Bertz CT molecular complexity index is 537. The fourth-order valence-electron chi connectivity index (χ4n) is 1.44. The Balaban J connectivity index is 2.04. The van der Waals surface area contributed by atoms with Crippen molar-refractivity contribution in [2.24, 2.45) is 0 Å². The Morgan fingerprint density at radius 3 is 2.61 bits per heavy atom. The normalized spacial score (nSPS) is 10.3. The molecule has 0 atom stereocenters. The van der Waals surface area contributed by atoms with Gasteiger partial charge in [0.2, 0.25) is 5.13 Å². The molecule has 0 spiro atoms. The lowest BCUT2D eigenvalue weighted by molar-refractivity contribution is 0.102. The summed E-state index contributed by atoms with van der Waals surface area (Å²) in [6.45, 7) is 2.38. The van der Waals surface area contributed by atoms with Crippen molar-refractivity contribution in [3.63, 3.8) is 0 Å². The molecule has 1 heterocycles. The number of benzene rings is 1. The fourth-order valence-corrected chi connectivity index (χ4v) is 2.02. The Kier molecular flexibility index (Phi) is 4.01. The van der Waals surface area contributed by atoms with Gasteiger partial charge in [-0.15, -0.1) is 10.2 Å². The molecule has 94 valence electrons.